The lowest BCUT2D eigenvalue weighted by molar-refractivity contribution is -0.351. The van der Waals surface area contributed by atoms with Crippen molar-refractivity contribution in [2.24, 2.45) is 22.7 Å². The van der Waals surface area contributed by atoms with Crippen molar-refractivity contribution in [3.8, 4) is 5.75 Å². The van der Waals surface area contributed by atoms with Gasteiger partial charge in [0, 0.05) is 31.7 Å². The number of fused-ring (bicyclic) bond motifs is 8. The normalized spacial score (nSPS) is 31.5. The molecule has 2 saturated heterocycles. The number of methoxy groups -OCH3 is 1. The molecule has 0 spiro atoms. The lowest BCUT2D eigenvalue weighted by Crippen LogP contribution is -2.80. The van der Waals surface area contributed by atoms with E-state index >= 15 is 0 Å². The smallest absolute Gasteiger partial charge is 0.497 e. The first kappa shape index (κ1) is 45.3. The number of amides is 1. The summed E-state index contributed by atoms with van der Waals surface area (Å²) in [6.07, 6.45) is -9.59. The molecule has 12 atom stereocenters. The van der Waals surface area contributed by atoms with Gasteiger partial charge in [-0.15, -0.1) is 0 Å². The quantitative estimate of drug-likeness (QED) is 0.136. The van der Waals surface area contributed by atoms with E-state index in [1.165, 1.54) is 27.0 Å². The second kappa shape index (κ2) is 17.3. The Kier molecular flexibility index (Phi) is 12.0. The van der Waals surface area contributed by atoms with Crippen molar-refractivity contribution in [2.75, 3.05) is 13.7 Å². The summed E-state index contributed by atoms with van der Waals surface area (Å²) < 4.78 is 49.0. The summed E-state index contributed by atoms with van der Waals surface area (Å²) in [5.74, 6) is -5.15. The summed E-state index contributed by atoms with van der Waals surface area (Å²) >= 11 is 0. The van der Waals surface area contributed by atoms with Gasteiger partial charge in [0.2, 0.25) is 0 Å². The first-order chi connectivity index (χ1) is 30.9. The van der Waals surface area contributed by atoms with Gasteiger partial charge in [0.25, 0.3) is 5.91 Å². The van der Waals surface area contributed by atoms with Crippen molar-refractivity contribution in [3.63, 3.8) is 0 Å². The van der Waals surface area contributed by atoms with E-state index in [1.807, 2.05) is 13.8 Å². The average molecular weight is 896 g/mol. The molecule has 16 heteroatoms. The number of rotatable bonds is 11. The Morgan fingerprint density at radius 1 is 0.831 bits per heavy atom. The molecule has 2 N–H and O–H groups in total. The number of hydrogen-bond acceptors (Lipinski definition) is 15. The molecule has 2 aliphatic heterocycles. The van der Waals surface area contributed by atoms with E-state index in [0.29, 0.717) is 22.5 Å². The molecule has 1 unspecified atom stereocenters. The largest absolute Gasteiger partial charge is 0.509 e. The fourth-order valence-corrected chi connectivity index (χ4v) is 11.3. The minimum absolute atomic E-state index is 0.0155. The Bertz CT molecular complexity index is 2400. The van der Waals surface area contributed by atoms with Gasteiger partial charge in [0.15, 0.2) is 23.9 Å². The summed E-state index contributed by atoms with van der Waals surface area (Å²) in [6.45, 7) is 9.67. The van der Waals surface area contributed by atoms with Crippen LogP contribution in [-0.2, 0) is 47.5 Å². The Balaban J connectivity index is 1.25. The predicted molar refractivity (Wildman–Crippen MR) is 227 cm³/mol. The molecule has 4 fully saturated rings. The van der Waals surface area contributed by atoms with Gasteiger partial charge in [0.05, 0.1) is 36.7 Å². The van der Waals surface area contributed by atoms with Crippen LogP contribution >= 0.6 is 0 Å². The average Bonchev–Trinajstić information content (AvgIpc) is 3.66. The molecule has 5 aliphatic rings. The molecule has 0 aromatic heterocycles. The first-order valence-corrected chi connectivity index (χ1v) is 21.6. The van der Waals surface area contributed by atoms with E-state index in [4.69, 9.17) is 37.9 Å². The van der Waals surface area contributed by atoms with Gasteiger partial charge in [-0.25, -0.2) is 14.4 Å². The third-order valence-electron chi connectivity index (χ3n) is 14.2. The predicted octanol–water partition coefficient (Wildman–Crippen LogP) is 5.60. The molecule has 0 radical (unpaired) electrons. The van der Waals surface area contributed by atoms with Gasteiger partial charge < -0.3 is 48.3 Å². The van der Waals surface area contributed by atoms with Gasteiger partial charge in [-0.1, -0.05) is 75.4 Å². The standard InChI is InChI=1S/C49H53NO15/c1-25-33(61-45(56)38(53)37(28-15-10-8-11-16-28)50-43(54)30-19-14-20-31(21-30)58-7)22-32-39(62-44(55)29-17-12-9-13-18-29)41-48(6,42-40(63-46(57)64-42)36(25)47(32,4)5)34(60-26(2)51)23-35-49(41,24-59-35)65-27(3)52/h8-21,32-35,37-42,53H,22-24H2,1-7H3,(H,50,54)/t32?,33-,34-,35+,37-,38+,39+,40+,41-,42-,48+,49-/m0/s1. The molecule has 2 saturated carbocycles. The molecule has 2 heterocycles. The highest BCUT2D eigenvalue weighted by Gasteiger charge is 2.78. The number of aliphatic hydroxyl groups excluding tert-OH is 1. The summed E-state index contributed by atoms with van der Waals surface area (Å²) in [6, 6.07) is 21.9. The fourth-order valence-electron chi connectivity index (χ4n) is 11.3. The lowest BCUT2D eigenvalue weighted by atomic mass is 9.45. The molecule has 65 heavy (non-hydrogen) atoms. The number of hydrogen-bond donors (Lipinski definition) is 2. The van der Waals surface area contributed by atoms with E-state index in [1.54, 1.807) is 92.7 Å². The zero-order valence-corrected chi connectivity index (χ0v) is 37.1. The van der Waals surface area contributed by atoms with Crippen LogP contribution in [0.3, 0.4) is 0 Å². The van der Waals surface area contributed by atoms with Gasteiger partial charge in [0.1, 0.15) is 30.2 Å². The number of aliphatic hydroxyl groups is 1. The Morgan fingerprint density at radius 3 is 2.14 bits per heavy atom. The van der Waals surface area contributed by atoms with E-state index in [0.717, 1.165) is 0 Å². The van der Waals surface area contributed by atoms with Crippen LogP contribution in [0.4, 0.5) is 4.79 Å². The number of carbonyl (C=O) groups is 6. The molecule has 8 rings (SSSR count). The third-order valence-corrected chi connectivity index (χ3v) is 14.2. The van der Waals surface area contributed by atoms with Crippen molar-refractivity contribution in [1.82, 2.24) is 5.32 Å². The maximum Gasteiger partial charge on any atom is 0.509 e. The third kappa shape index (κ3) is 7.90. The SMILES string of the molecule is COc1cccc(C(=O)N[C@@H](c2ccccc2)[C@@H](O)C(=O)O[C@H]2CC3[C@@H](OC(=O)c4ccccc4)[C@@H]4[C@]5(OC(C)=O)CO[C@@H]5C[C@H](OC(C)=O)[C@@]4(C)[C@H]4OC(=O)O[C@@H]4C(=C2C)C3(C)C)c1. The highest BCUT2D eigenvalue weighted by molar-refractivity contribution is 5.95. The molecule has 2 bridgehead atoms. The van der Waals surface area contributed by atoms with Gasteiger partial charge >= 0.3 is 30.0 Å². The van der Waals surface area contributed by atoms with Crippen LogP contribution < -0.4 is 10.1 Å². The Labute approximate surface area is 375 Å². The summed E-state index contributed by atoms with van der Waals surface area (Å²) in [4.78, 5) is 82.3. The highest BCUT2D eigenvalue weighted by atomic mass is 16.8. The molecule has 16 nitrogen and oxygen atoms in total. The van der Waals surface area contributed by atoms with Crippen LogP contribution in [0, 0.1) is 22.7 Å². The Morgan fingerprint density at radius 2 is 1.51 bits per heavy atom. The molecule has 3 aromatic carbocycles. The van der Waals surface area contributed by atoms with Crippen LogP contribution in [0.25, 0.3) is 0 Å². The van der Waals surface area contributed by atoms with E-state index in [2.05, 4.69) is 5.32 Å². The van der Waals surface area contributed by atoms with Gasteiger partial charge in [-0.2, -0.15) is 0 Å². The van der Waals surface area contributed by atoms with Crippen LogP contribution in [0.2, 0.25) is 0 Å². The van der Waals surface area contributed by atoms with Crippen molar-refractivity contribution in [3.05, 3.63) is 113 Å². The highest BCUT2D eigenvalue weighted by Crippen LogP contribution is 2.66. The minimum atomic E-state index is -1.94. The zero-order valence-electron chi connectivity index (χ0n) is 37.1. The maximum absolute atomic E-state index is 14.5. The number of esters is 4. The number of benzene rings is 3. The summed E-state index contributed by atoms with van der Waals surface area (Å²) in [5, 5.41) is 14.7. The summed E-state index contributed by atoms with van der Waals surface area (Å²) in [5.41, 5.74) is -2.17. The van der Waals surface area contributed by atoms with Crippen molar-refractivity contribution < 1.29 is 71.8 Å². The number of ether oxygens (including phenoxy) is 8. The number of carbonyl (C=O) groups excluding carboxylic acids is 6. The lowest BCUT2D eigenvalue weighted by Gasteiger charge is -2.67. The van der Waals surface area contributed by atoms with Gasteiger partial charge in [-0.05, 0) is 65.8 Å². The second-order valence-corrected chi connectivity index (χ2v) is 18.2. The van der Waals surface area contributed by atoms with Crippen LogP contribution in [0.1, 0.15) is 86.7 Å². The second-order valence-electron chi connectivity index (χ2n) is 18.2. The maximum atomic E-state index is 14.5. The molecule has 1 amide bonds. The van der Waals surface area contributed by atoms with E-state index < -0.39 is 113 Å². The minimum Gasteiger partial charge on any atom is -0.497 e. The molecular formula is C49H53NO15. The topological polar surface area (TPSA) is 209 Å². The fraction of sp³-hybridized carbons (Fsp3) is 0.469. The van der Waals surface area contributed by atoms with E-state index in [-0.39, 0.29) is 30.6 Å². The van der Waals surface area contributed by atoms with Gasteiger partial charge in [-0.3, -0.25) is 14.4 Å². The van der Waals surface area contributed by atoms with Crippen molar-refractivity contribution in [2.45, 2.75) is 109 Å². The zero-order chi connectivity index (χ0) is 46.6. The monoisotopic (exact) mass is 895 g/mol. The van der Waals surface area contributed by atoms with Crippen LogP contribution in [-0.4, -0.2) is 103 Å². The molecule has 344 valence electrons. The molecule has 3 aliphatic carbocycles. The van der Waals surface area contributed by atoms with Crippen LogP contribution in [0.15, 0.2) is 96.1 Å². The van der Waals surface area contributed by atoms with Crippen molar-refractivity contribution >= 4 is 35.9 Å². The summed E-state index contributed by atoms with van der Waals surface area (Å²) in [7, 11) is 1.47. The first-order valence-electron chi connectivity index (χ1n) is 21.6. The number of nitrogens with one attached hydrogen (secondary N) is 1. The Hall–Kier alpha value is -6.26. The van der Waals surface area contributed by atoms with Crippen molar-refractivity contribution in [1.29, 1.82) is 0 Å². The van der Waals surface area contributed by atoms with E-state index in [9.17, 15) is 33.9 Å². The molecule has 3 aromatic rings. The van der Waals surface area contributed by atoms with Crippen LogP contribution in [0.5, 0.6) is 5.75 Å². The molecular weight excluding hydrogens is 843 g/mol.